The molecular weight excluding hydrogens is 204 g/mol. The predicted molar refractivity (Wildman–Crippen MR) is 59.3 cm³/mol. The van der Waals surface area contributed by atoms with E-state index >= 15 is 0 Å². The molecule has 2 rings (SSSR count). The average molecular weight is 220 g/mol. The zero-order valence-corrected chi connectivity index (χ0v) is 10.1. The van der Waals surface area contributed by atoms with E-state index in [1.54, 1.807) is 0 Å². The van der Waals surface area contributed by atoms with Gasteiger partial charge in [0.15, 0.2) is 0 Å². The summed E-state index contributed by atoms with van der Waals surface area (Å²) < 4.78 is 0. The molecule has 0 amide bonds. The van der Waals surface area contributed by atoms with Gasteiger partial charge in [-0.2, -0.15) is 0 Å². The summed E-state index contributed by atoms with van der Waals surface area (Å²) in [6.45, 7) is 7.00. The second kappa shape index (κ2) is 19.1. The Hall–Kier alpha value is 0.454. The molecule has 0 heterocycles. The Morgan fingerprint density at radius 1 is 0.500 bits per heavy atom. The molecule has 0 atom stereocenters. The van der Waals surface area contributed by atoms with E-state index in [-0.39, 0.29) is 29.1 Å². The van der Waals surface area contributed by atoms with E-state index in [9.17, 15) is 0 Å². The van der Waals surface area contributed by atoms with Gasteiger partial charge in [0.05, 0.1) is 0 Å². The molecule has 2 fully saturated rings. The van der Waals surface area contributed by atoms with E-state index < -0.39 is 0 Å². The fraction of sp³-hybridized carbons (Fsp3) is 0. The van der Waals surface area contributed by atoms with Crippen LogP contribution in [0, 0.1) is 78.2 Å². The van der Waals surface area contributed by atoms with E-state index in [4.69, 9.17) is 0 Å². The Labute approximate surface area is 106 Å². The van der Waals surface area contributed by atoms with Gasteiger partial charge in [0.25, 0.3) is 0 Å². The summed E-state index contributed by atoms with van der Waals surface area (Å²) in [4.78, 5) is 0. The Morgan fingerprint density at radius 2 is 0.571 bits per heavy atom. The largest absolute Gasteiger partial charge is 4.00 e. The second-order valence-corrected chi connectivity index (χ2v) is 1.92. The van der Waals surface area contributed by atoms with Crippen LogP contribution in [-0.2, 0) is 21.7 Å². The molecule has 0 aromatic rings. The van der Waals surface area contributed by atoms with Crippen molar-refractivity contribution in [3.63, 3.8) is 0 Å². The van der Waals surface area contributed by atoms with Crippen LogP contribution in [0.3, 0.4) is 0 Å². The summed E-state index contributed by atoms with van der Waals surface area (Å²) in [5.74, 6) is 0. The van der Waals surface area contributed by atoms with Gasteiger partial charge in [-0.3, -0.25) is 6.58 Å². The Bertz CT molecular complexity index is 48.1. The first-order valence-corrected chi connectivity index (χ1v) is 3.74. The SMILES string of the molecule is [CH-]=C.[CH3-].[CH]1[CH][CH][CH][CH]1.[CH]1[CH][CH][CH][CH]1.[Ti+4]. The number of rotatable bonds is 0. The van der Waals surface area contributed by atoms with Crippen LogP contribution in [0.15, 0.2) is 6.58 Å². The minimum absolute atomic E-state index is 0. The van der Waals surface area contributed by atoms with Crippen molar-refractivity contribution in [3.8, 4) is 0 Å². The van der Waals surface area contributed by atoms with Crippen molar-refractivity contribution in [1.82, 2.24) is 0 Å². The van der Waals surface area contributed by atoms with E-state index in [1.807, 2.05) is 64.2 Å². The molecule has 0 nitrogen and oxygen atoms in total. The van der Waals surface area contributed by atoms with Crippen LogP contribution in [0.5, 0.6) is 0 Å². The van der Waals surface area contributed by atoms with Crippen molar-refractivity contribution in [1.29, 1.82) is 0 Å². The smallest absolute Gasteiger partial charge is 0.521 e. The summed E-state index contributed by atoms with van der Waals surface area (Å²) in [5.41, 5.74) is 0. The minimum atomic E-state index is 0. The van der Waals surface area contributed by atoms with E-state index in [0.717, 1.165) is 0 Å². The summed E-state index contributed by atoms with van der Waals surface area (Å²) in [6.07, 6.45) is 20.0. The van der Waals surface area contributed by atoms with Crippen LogP contribution in [0.2, 0.25) is 0 Å². The van der Waals surface area contributed by atoms with Crippen LogP contribution >= 0.6 is 0 Å². The molecular formula is C13H16Ti+2. The molecule has 0 aromatic heterocycles. The molecule has 2 aliphatic rings. The van der Waals surface area contributed by atoms with Gasteiger partial charge in [-0.1, -0.05) is 0 Å². The van der Waals surface area contributed by atoms with Gasteiger partial charge in [0, 0.05) is 0 Å². The molecule has 14 heavy (non-hydrogen) atoms. The maximum atomic E-state index is 4.25. The standard InChI is InChI=1S/2C5H5.C2H3.CH3.Ti/c2*1-2-4-5-3-1;1-2;;/h2*1-5H;1H,2H2;1H3;/q;;2*-1;+4. The summed E-state index contributed by atoms with van der Waals surface area (Å²) in [7, 11) is 0. The molecule has 2 saturated carbocycles. The summed E-state index contributed by atoms with van der Waals surface area (Å²) in [5, 5.41) is 0. The molecule has 2 aliphatic carbocycles. The molecule has 0 N–H and O–H groups in total. The van der Waals surface area contributed by atoms with Crippen molar-refractivity contribution < 1.29 is 21.7 Å². The van der Waals surface area contributed by atoms with Crippen molar-refractivity contribution in [3.05, 3.63) is 84.8 Å². The summed E-state index contributed by atoms with van der Waals surface area (Å²) in [6, 6.07) is 0. The third-order valence-corrected chi connectivity index (χ3v) is 1.11. The van der Waals surface area contributed by atoms with Crippen molar-refractivity contribution in [2.45, 2.75) is 0 Å². The maximum Gasteiger partial charge on any atom is 4.00 e. The van der Waals surface area contributed by atoms with Crippen molar-refractivity contribution in [2.24, 2.45) is 0 Å². The average Bonchev–Trinajstić information content (AvgIpc) is 2.87. The molecule has 0 saturated heterocycles. The molecule has 0 aliphatic heterocycles. The van der Waals surface area contributed by atoms with Crippen LogP contribution in [0.4, 0.5) is 0 Å². The van der Waals surface area contributed by atoms with Gasteiger partial charge in [-0.05, 0) is 64.2 Å². The maximum absolute atomic E-state index is 4.25. The quantitative estimate of drug-likeness (QED) is 0.434. The predicted octanol–water partition coefficient (Wildman–Crippen LogP) is 3.10. The number of hydrogen-bond acceptors (Lipinski definition) is 0. The Kier molecular flexibility index (Phi) is 27.2. The van der Waals surface area contributed by atoms with E-state index in [0.29, 0.717) is 0 Å². The zero-order valence-electron chi connectivity index (χ0n) is 8.56. The topological polar surface area (TPSA) is 0 Å². The van der Waals surface area contributed by atoms with Gasteiger partial charge in [-0.15, -0.1) is 0 Å². The first-order valence-electron chi connectivity index (χ1n) is 3.74. The minimum Gasteiger partial charge on any atom is -0.521 e. The molecule has 1 heteroatoms. The molecule has 10 radical (unpaired) electrons. The monoisotopic (exact) mass is 220 g/mol. The molecule has 0 unspecified atom stereocenters. The Morgan fingerprint density at radius 3 is 0.643 bits per heavy atom. The van der Waals surface area contributed by atoms with Crippen molar-refractivity contribution >= 4 is 0 Å². The molecule has 0 bridgehead atoms. The summed E-state index contributed by atoms with van der Waals surface area (Å²) >= 11 is 0. The van der Waals surface area contributed by atoms with Gasteiger partial charge >= 0.3 is 21.7 Å². The third kappa shape index (κ3) is 15.0. The van der Waals surface area contributed by atoms with Crippen LogP contribution in [0.25, 0.3) is 0 Å². The second-order valence-electron chi connectivity index (χ2n) is 1.92. The zero-order chi connectivity index (χ0) is 9.07. The fourth-order valence-electron chi connectivity index (χ4n) is 0.642. The van der Waals surface area contributed by atoms with Gasteiger partial charge in [0.2, 0.25) is 0 Å². The molecule has 0 spiro atoms. The van der Waals surface area contributed by atoms with Gasteiger partial charge < -0.3 is 14.0 Å². The number of hydrogen-bond donors (Lipinski definition) is 0. The molecule has 0 aromatic carbocycles. The van der Waals surface area contributed by atoms with E-state index in [1.165, 1.54) is 0 Å². The first-order chi connectivity index (χ1) is 6.00. The Balaban J connectivity index is -0.000000131. The van der Waals surface area contributed by atoms with Crippen LogP contribution in [-0.4, -0.2) is 0 Å². The van der Waals surface area contributed by atoms with Crippen LogP contribution < -0.4 is 0 Å². The normalized spacial score (nSPS) is 17.4. The third-order valence-electron chi connectivity index (χ3n) is 1.11. The van der Waals surface area contributed by atoms with Gasteiger partial charge in [0.1, 0.15) is 0 Å². The molecule has 70 valence electrons. The van der Waals surface area contributed by atoms with Gasteiger partial charge in [-0.25, -0.2) is 0 Å². The van der Waals surface area contributed by atoms with Crippen LogP contribution in [0.1, 0.15) is 0 Å². The van der Waals surface area contributed by atoms with E-state index in [2.05, 4.69) is 13.2 Å². The van der Waals surface area contributed by atoms with Crippen molar-refractivity contribution in [2.75, 3.05) is 0 Å². The first kappa shape index (κ1) is 19.9. The fourth-order valence-corrected chi connectivity index (χ4v) is 0.642.